The molecule has 286 valence electrons. The first kappa shape index (κ1) is 37.0. The topological polar surface area (TPSA) is 267 Å². The predicted octanol–water partition coefficient (Wildman–Crippen LogP) is 0.559. The van der Waals surface area contributed by atoms with Gasteiger partial charge in [0.05, 0.1) is 12.6 Å². The summed E-state index contributed by atoms with van der Waals surface area (Å²) in [5, 5.41) is 82.5. The van der Waals surface area contributed by atoms with Crippen LogP contribution in [0.25, 0.3) is 5.76 Å². The molecule has 4 heterocycles. The number of carboxylic acids is 1. The van der Waals surface area contributed by atoms with Crippen molar-refractivity contribution in [2.24, 2.45) is 15.0 Å². The van der Waals surface area contributed by atoms with Crippen LogP contribution in [0.1, 0.15) is 55.8 Å². The van der Waals surface area contributed by atoms with E-state index in [1.165, 1.54) is 18.5 Å². The zero-order valence-electron chi connectivity index (χ0n) is 28.9. The van der Waals surface area contributed by atoms with E-state index in [0.29, 0.717) is 35.7 Å². The lowest BCUT2D eigenvalue weighted by Gasteiger charge is -2.46. The molecule has 9 N–H and O–H groups in total. The van der Waals surface area contributed by atoms with Crippen molar-refractivity contribution in [1.29, 1.82) is 0 Å². The van der Waals surface area contributed by atoms with E-state index in [-0.39, 0.29) is 53.5 Å². The van der Waals surface area contributed by atoms with Crippen molar-refractivity contribution in [1.82, 2.24) is 0 Å². The van der Waals surface area contributed by atoms with Gasteiger partial charge in [0.25, 0.3) is 0 Å². The highest BCUT2D eigenvalue weighted by molar-refractivity contribution is 6.14. The molecule has 1 unspecified atom stereocenters. The van der Waals surface area contributed by atoms with Crippen molar-refractivity contribution in [2.75, 3.05) is 13.2 Å². The highest BCUT2D eigenvalue weighted by Gasteiger charge is 2.59. The molecule has 17 nitrogen and oxygen atoms in total. The number of phenols is 1. The summed E-state index contributed by atoms with van der Waals surface area (Å²) in [4.78, 5) is 24.3. The Kier molecular flexibility index (Phi) is 10.4. The molecular weight excluding hydrogens is 708 g/mol. The van der Waals surface area contributed by atoms with Crippen LogP contribution in [0.5, 0.6) is 28.7 Å². The maximum Gasteiger partial charge on any atom is 0.336 e. The summed E-state index contributed by atoms with van der Waals surface area (Å²) >= 11 is 0. The van der Waals surface area contributed by atoms with Gasteiger partial charge in [-0.1, -0.05) is 18.6 Å². The van der Waals surface area contributed by atoms with E-state index >= 15 is 0 Å². The Hall–Kier alpha value is -5.33. The summed E-state index contributed by atoms with van der Waals surface area (Å²) in [5.41, 5.74) is -1.36. The van der Waals surface area contributed by atoms with Gasteiger partial charge in [-0.2, -0.15) is 0 Å². The molecule has 1 saturated heterocycles. The number of benzene rings is 2. The Morgan fingerprint density at radius 1 is 1.07 bits per heavy atom. The first-order valence-corrected chi connectivity index (χ1v) is 17.5. The van der Waals surface area contributed by atoms with Crippen LogP contribution in [-0.4, -0.2) is 121 Å². The predicted molar refractivity (Wildman–Crippen MR) is 190 cm³/mol. The molecule has 0 radical (unpaired) electrons. The quantitative estimate of drug-likeness (QED) is 0.148. The van der Waals surface area contributed by atoms with Gasteiger partial charge in [-0.3, -0.25) is 10.4 Å². The average Bonchev–Trinajstić information content (AvgIpc) is 3.84. The molecule has 54 heavy (non-hydrogen) atoms. The largest absolute Gasteiger partial charge is 0.507 e. The SMILES string of the molecule is [NH2+]=C1C=CC([C@@H](O)COc2ccc(C3C=C(O)c4c(cc(O[C@@H]5O[C@H](C(=O)O)[C@](O)(CC6=NC=NC6)[C@@H](O)[C@H]5O)c(OC5CCCCC5)c4O)O3)cc2)=N1. The van der Waals surface area contributed by atoms with Gasteiger partial charge in [-0.05, 0) is 54.4 Å². The summed E-state index contributed by atoms with van der Waals surface area (Å²) in [6, 6.07) is 7.95. The van der Waals surface area contributed by atoms with E-state index in [1.54, 1.807) is 36.4 Å². The summed E-state index contributed by atoms with van der Waals surface area (Å²) in [7, 11) is 0. The van der Waals surface area contributed by atoms with Crippen LogP contribution in [0.15, 0.2) is 63.5 Å². The van der Waals surface area contributed by atoms with Gasteiger partial charge in [0.2, 0.25) is 12.0 Å². The van der Waals surface area contributed by atoms with Crippen molar-refractivity contribution in [2.45, 2.75) is 87.0 Å². The molecule has 0 amide bonds. The Morgan fingerprint density at radius 2 is 1.83 bits per heavy atom. The van der Waals surface area contributed by atoms with Crippen LogP contribution in [0.4, 0.5) is 0 Å². The van der Waals surface area contributed by atoms with E-state index in [9.17, 15) is 40.5 Å². The number of aromatic hydroxyl groups is 1. The number of hydrogen-bond acceptors (Lipinski definition) is 14. The number of phenolic OH excluding ortho intramolecular Hbond substituents is 1. The third-order valence-corrected chi connectivity index (χ3v) is 9.87. The number of aliphatic hydroxyl groups excluding tert-OH is 4. The Labute approximate surface area is 308 Å². The van der Waals surface area contributed by atoms with Crippen LogP contribution in [0.3, 0.4) is 0 Å². The van der Waals surface area contributed by atoms with Crippen molar-refractivity contribution >= 4 is 35.3 Å². The van der Waals surface area contributed by atoms with Crippen molar-refractivity contribution in [3.8, 4) is 28.7 Å². The summed E-state index contributed by atoms with van der Waals surface area (Å²) in [6.07, 6.45) is -0.807. The van der Waals surface area contributed by atoms with Gasteiger partial charge in [0.15, 0.2) is 29.4 Å². The molecule has 2 aromatic rings. The monoisotopic (exact) mass is 749 g/mol. The van der Waals surface area contributed by atoms with Gasteiger partial charge < -0.3 is 59.4 Å². The lowest BCUT2D eigenvalue weighted by Crippen LogP contribution is -2.69. The number of aliphatic carboxylic acids is 1. The van der Waals surface area contributed by atoms with Crippen molar-refractivity contribution in [3.05, 3.63) is 59.7 Å². The van der Waals surface area contributed by atoms with E-state index < -0.39 is 60.6 Å². The van der Waals surface area contributed by atoms with E-state index in [1.807, 2.05) is 0 Å². The highest BCUT2D eigenvalue weighted by Crippen LogP contribution is 2.52. The Balaban J connectivity index is 1.14. The van der Waals surface area contributed by atoms with Crippen molar-refractivity contribution < 1.29 is 69.6 Å². The number of aliphatic hydroxyl groups is 5. The number of ether oxygens (including phenoxy) is 5. The molecule has 4 aliphatic heterocycles. The maximum atomic E-state index is 12.4. The zero-order valence-corrected chi connectivity index (χ0v) is 28.9. The lowest BCUT2D eigenvalue weighted by atomic mass is 9.80. The van der Waals surface area contributed by atoms with Gasteiger partial charge in [-0.15, -0.1) is 0 Å². The molecule has 0 bridgehead atoms. The minimum Gasteiger partial charge on any atom is -0.507 e. The molecule has 0 spiro atoms. The fourth-order valence-corrected chi connectivity index (χ4v) is 7.01. The number of rotatable bonds is 12. The maximum absolute atomic E-state index is 12.4. The zero-order chi connectivity index (χ0) is 38.1. The van der Waals surface area contributed by atoms with Crippen molar-refractivity contribution in [3.63, 3.8) is 0 Å². The number of carbonyl (C=O) groups is 1. The smallest absolute Gasteiger partial charge is 0.336 e. The van der Waals surface area contributed by atoms with Crippen LogP contribution in [-0.2, 0) is 9.53 Å². The number of fused-ring (bicyclic) bond motifs is 1. The highest BCUT2D eigenvalue weighted by atomic mass is 16.7. The van der Waals surface area contributed by atoms with E-state index in [0.717, 1.165) is 19.3 Å². The van der Waals surface area contributed by atoms with Gasteiger partial charge >= 0.3 is 11.8 Å². The summed E-state index contributed by atoms with van der Waals surface area (Å²) < 4.78 is 29.8. The second-order valence-corrected chi connectivity index (χ2v) is 13.7. The van der Waals surface area contributed by atoms with Gasteiger partial charge in [-0.25, -0.2) is 9.79 Å². The van der Waals surface area contributed by atoms with Gasteiger partial charge in [0, 0.05) is 30.4 Å². The molecule has 5 aliphatic rings. The fourth-order valence-electron chi connectivity index (χ4n) is 7.01. The second kappa shape index (κ2) is 15.2. The number of carboxylic acid groups (broad SMARTS) is 1. The minimum absolute atomic E-state index is 0.0511. The molecule has 7 atom stereocenters. The first-order valence-electron chi connectivity index (χ1n) is 17.5. The van der Waals surface area contributed by atoms with E-state index in [2.05, 4.69) is 15.0 Å². The number of aliphatic imine (C=N–C) groups is 3. The van der Waals surface area contributed by atoms with Crippen LogP contribution >= 0.6 is 0 Å². The third-order valence-electron chi connectivity index (χ3n) is 9.87. The second-order valence-electron chi connectivity index (χ2n) is 13.7. The Morgan fingerprint density at radius 3 is 2.50 bits per heavy atom. The molecule has 2 aromatic carbocycles. The molecule has 7 rings (SSSR count). The number of amidine groups is 1. The fraction of sp³-hybridized carbons (Fsp3) is 0.432. The first-order chi connectivity index (χ1) is 25.9. The lowest BCUT2D eigenvalue weighted by molar-refractivity contribution is -0.303. The van der Waals surface area contributed by atoms with Gasteiger partial charge in [0.1, 0.15) is 59.7 Å². The molecular formula is C37H41N4O13+. The molecule has 2 fully saturated rings. The number of nitrogens with zero attached hydrogens (tertiary/aromatic N) is 3. The van der Waals surface area contributed by atoms with Crippen LogP contribution in [0, 0.1) is 0 Å². The van der Waals surface area contributed by atoms with Crippen LogP contribution in [0.2, 0.25) is 0 Å². The van der Waals surface area contributed by atoms with Crippen LogP contribution < -0.4 is 24.4 Å². The molecule has 1 aliphatic carbocycles. The van der Waals surface area contributed by atoms with E-state index in [4.69, 9.17) is 29.1 Å². The number of hydrogen-bond donors (Lipinski definition) is 8. The molecule has 0 aromatic heterocycles. The normalized spacial score (nSPS) is 28.4. The summed E-state index contributed by atoms with van der Waals surface area (Å²) in [6.45, 7) is -0.00783. The molecule has 1 saturated carbocycles. The number of nitrogens with two attached hydrogens (primary N) is 1. The average molecular weight is 750 g/mol. The Bertz CT molecular complexity index is 1940. The summed E-state index contributed by atoms with van der Waals surface area (Å²) in [5.74, 6) is -2.30. The standard InChI is InChI=1S/C37H40N4O13/c38-28-11-10-22(41-28)24(43)16-50-20-8-6-18(7-9-20)25-12-23(42)29-26(52-25)13-27(32(30(29)44)51-21-4-2-1-3-5-21)53-36-31(45)33(46)37(49,34(54-36)35(47)48)14-19-15-39-17-40-19/h6-13,17,21,24-25,31,33-34,36,38,42-46,49H,1-5,14-16H2,(H,47,48)/p+1/t24-,25?,31+,33-,34+,36+,37-/m0/s1. The third kappa shape index (κ3) is 7.40. The minimum atomic E-state index is -2.50. The molecule has 17 heteroatoms.